The molecule has 23 heavy (non-hydrogen) atoms. The van der Waals surface area contributed by atoms with E-state index in [1.807, 2.05) is 36.4 Å². The maximum Gasteiger partial charge on any atom is 0.251 e. The molecule has 0 heterocycles. The van der Waals surface area contributed by atoms with Gasteiger partial charge < -0.3 is 19.9 Å². The lowest BCUT2D eigenvalue weighted by molar-refractivity contribution is 0.0946. The van der Waals surface area contributed by atoms with Crippen LogP contribution in [0.1, 0.15) is 15.9 Å². The molecule has 5 heteroatoms. The van der Waals surface area contributed by atoms with Crippen LogP contribution in [0, 0.1) is 0 Å². The van der Waals surface area contributed by atoms with Gasteiger partial charge in [-0.25, -0.2) is 0 Å². The Morgan fingerprint density at radius 2 is 1.91 bits per heavy atom. The highest BCUT2D eigenvalue weighted by Gasteiger charge is 2.09. The molecule has 0 saturated heterocycles. The van der Waals surface area contributed by atoms with Crippen LogP contribution in [0.3, 0.4) is 0 Å². The Kier molecular flexibility index (Phi) is 6.44. The lowest BCUT2D eigenvalue weighted by atomic mass is 10.0. The van der Waals surface area contributed by atoms with Crippen molar-refractivity contribution in [2.75, 3.05) is 26.9 Å². The lowest BCUT2D eigenvalue weighted by Gasteiger charge is -2.11. The van der Waals surface area contributed by atoms with E-state index in [9.17, 15) is 4.79 Å². The number of benzene rings is 2. The number of carbonyl (C=O) groups excluding carboxylic acids is 1. The van der Waals surface area contributed by atoms with Crippen molar-refractivity contribution in [3.63, 3.8) is 0 Å². The van der Waals surface area contributed by atoms with E-state index in [2.05, 4.69) is 5.32 Å². The van der Waals surface area contributed by atoms with E-state index >= 15 is 0 Å². The zero-order chi connectivity index (χ0) is 16.5. The number of nitrogens with one attached hydrogen (secondary N) is 1. The largest absolute Gasteiger partial charge is 0.497 e. The van der Waals surface area contributed by atoms with Crippen LogP contribution < -0.4 is 14.8 Å². The van der Waals surface area contributed by atoms with Gasteiger partial charge in [-0.15, -0.1) is 0 Å². The summed E-state index contributed by atoms with van der Waals surface area (Å²) in [6.45, 7) is 0.772. The molecule has 0 aliphatic rings. The molecule has 2 rings (SSSR count). The number of hydrogen-bond donors (Lipinski definition) is 2. The first kappa shape index (κ1) is 16.8. The van der Waals surface area contributed by atoms with Crippen LogP contribution in [0.4, 0.5) is 0 Å². The van der Waals surface area contributed by atoms with Crippen molar-refractivity contribution in [3.8, 4) is 11.5 Å². The molecule has 2 N–H and O–H groups in total. The van der Waals surface area contributed by atoms with Crippen LogP contribution in [-0.4, -0.2) is 37.9 Å². The Morgan fingerprint density at radius 3 is 2.70 bits per heavy atom. The van der Waals surface area contributed by atoms with Crippen LogP contribution in [0.2, 0.25) is 0 Å². The summed E-state index contributed by atoms with van der Waals surface area (Å²) >= 11 is 0. The molecule has 5 nitrogen and oxygen atoms in total. The summed E-state index contributed by atoms with van der Waals surface area (Å²) < 4.78 is 10.7. The molecular formula is C18H21NO4. The van der Waals surface area contributed by atoms with Gasteiger partial charge in [-0.2, -0.15) is 0 Å². The van der Waals surface area contributed by atoms with Crippen molar-refractivity contribution in [1.82, 2.24) is 5.32 Å². The molecule has 2 aromatic rings. The second-order valence-electron chi connectivity index (χ2n) is 4.91. The number of aliphatic hydroxyl groups excluding tert-OH is 1. The Morgan fingerprint density at radius 1 is 1.13 bits per heavy atom. The molecule has 0 bridgehead atoms. The Bertz CT molecular complexity index is 642. The molecular weight excluding hydrogens is 294 g/mol. The van der Waals surface area contributed by atoms with E-state index in [0.717, 1.165) is 11.3 Å². The maximum absolute atomic E-state index is 12.2. The van der Waals surface area contributed by atoms with Gasteiger partial charge in [0.2, 0.25) is 0 Å². The number of hydrogen-bond acceptors (Lipinski definition) is 4. The minimum absolute atomic E-state index is 0.0171. The molecule has 0 atom stereocenters. The van der Waals surface area contributed by atoms with Crippen molar-refractivity contribution in [2.24, 2.45) is 0 Å². The van der Waals surface area contributed by atoms with Crippen molar-refractivity contribution in [3.05, 3.63) is 59.7 Å². The fraction of sp³-hybridized carbons (Fsp3) is 0.278. The molecule has 0 saturated carbocycles. The predicted octanol–water partition coefficient (Wildman–Crippen LogP) is 2.04. The normalized spacial score (nSPS) is 10.2. The highest BCUT2D eigenvalue weighted by atomic mass is 16.5. The van der Waals surface area contributed by atoms with Crippen molar-refractivity contribution >= 4 is 5.91 Å². The van der Waals surface area contributed by atoms with Crippen LogP contribution >= 0.6 is 0 Å². The second kappa shape index (κ2) is 8.80. The van der Waals surface area contributed by atoms with Crippen molar-refractivity contribution < 1.29 is 19.4 Å². The SMILES string of the molecule is COc1cccc(OCCNC(=O)c2ccccc2CCO)c1. The summed E-state index contributed by atoms with van der Waals surface area (Å²) in [5.74, 6) is 1.26. The molecule has 122 valence electrons. The fourth-order valence-corrected chi connectivity index (χ4v) is 2.20. The molecule has 0 fully saturated rings. The van der Waals surface area contributed by atoms with E-state index in [-0.39, 0.29) is 12.5 Å². The summed E-state index contributed by atoms with van der Waals surface area (Å²) in [7, 11) is 1.60. The molecule has 0 aliphatic heterocycles. The van der Waals surface area contributed by atoms with E-state index < -0.39 is 0 Å². The molecule has 1 amide bonds. The zero-order valence-electron chi connectivity index (χ0n) is 13.1. The van der Waals surface area contributed by atoms with Gasteiger partial charge >= 0.3 is 0 Å². The Hall–Kier alpha value is -2.53. The standard InChI is InChI=1S/C18H21NO4/c1-22-15-6-4-7-16(13-15)23-12-10-19-18(21)17-8-3-2-5-14(17)9-11-20/h2-8,13,20H,9-12H2,1H3,(H,19,21). The summed E-state index contributed by atoms with van der Waals surface area (Å²) in [5, 5.41) is 11.9. The number of rotatable bonds is 8. The quantitative estimate of drug-likeness (QED) is 0.732. The Balaban J connectivity index is 1.83. The van der Waals surface area contributed by atoms with Gasteiger partial charge in [0.25, 0.3) is 5.91 Å². The molecule has 0 unspecified atom stereocenters. The summed E-state index contributed by atoms with van der Waals surface area (Å²) in [6, 6.07) is 14.6. The number of amides is 1. The number of aliphatic hydroxyl groups is 1. The minimum atomic E-state index is -0.164. The van der Waals surface area contributed by atoms with Crippen molar-refractivity contribution in [2.45, 2.75) is 6.42 Å². The number of carbonyl (C=O) groups is 1. The summed E-state index contributed by atoms with van der Waals surface area (Å²) in [5.41, 5.74) is 1.42. The van der Waals surface area contributed by atoms with Gasteiger partial charge in [0, 0.05) is 18.2 Å². The second-order valence-corrected chi connectivity index (χ2v) is 4.91. The van der Waals surface area contributed by atoms with E-state index in [1.54, 1.807) is 19.2 Å². The average molecular weight is 315 g/mol. The number of methoxy groups -OCH3 is 1. The van der Waals surface area contributed by atoms with Gasteiger partial charge in [0.15, 0.2) is 0 Å². The fourth-order valence-electron chi connectivity index (χ4n) is 2.20. The molecule has 2 aromatic carbocycles. The highest BCUT2D eigenvalue weighted by Crippen LogP contribution is 2.18. The van der Waals surface area contributed by atoms with Crippen LogP contribution in [0.5, 0.6) is 11.5 Å². The first-order valence-electron chi connectivity index (χ1n) is 7.48. The predicted molar refractivity (Wildman–Crippen MR) is 88.1 cm³/mol. The monoisotopic (exact) mass is 315 g/mol. The highest BCUT2D eigenvalue weighted by molar-refractivity contribution is 5.95. The van der Waals surface area contributed by atoms with E-state index in [0.29, 0.717) is 30.9 Å². The van der Waals surface area contributed by atoms with Gasteiger partial charge in [-0.1, -0.05) is 24.3 Å². The van der Waals surface area contributed by atoms with Crippen LogP contribution in [0.25, 0.3) is 0 Å². The van der Waals surface area contributed by atoms with E-state index in [1.165, 1.54) is 0 Å². The lowest BCUT2D eigenvalue weighted by Crippen LogP contribution is -2.29. The first-order valence-corrected chi connectivity index (χ1v) is 7.48. The molecule has 0 radical (unpaired) electrons. The van der Waals surface area contributed by atoms with Crippen molar-refractivity contribution in [1.29, 1.82) is 0 Å². The number of ether oxygens (including phenoxy) is 2. The van der Waals surface area contributed by atoms with Gasteiger partial charge in [0.05, 0.1) is 13.7 Å². The summed E-state index contributed by atoms with van der Waals surface area (Å²) in [4.78, 5) is 12.2. The topological polar surface area (TPSA) is 67.8 Å². The third-order valence-corrected chi connectivity index (χ3v) is 3.34. The van der Waals surface area contributed by atoms with Crippen LogP contribution in [-0.2, 0) is 6.42 Å². The van der Waals surface area contributed by atoms with Gasteiger partial charge in [0.1, 0.15) is 18.1 Å². The van der Waals surface area contributed by atoms with Crippen LogP contribution in [0.15, 0.2) is 48.5 Å². The van der Waals surface area contributed by atoms with E-state index in [4.69, 9.17) is 14.6 Å². The zero-order valence-corrected chi connectivity index (χ0v) is 13.1. The third-order valence-electron chi connectivity index (χ3n) is 3.34. The van der Waals surface area contributed by atoms with Gasteiger partial charge in [-0.05, 0) is 30.2 Å². The first-order chi connectivity index (χ1) is 11.2. The Labute approximate surface area is 135 Å². The smallest absolute Gasteiger partial charge is 0.251 e. The van der Waals surface area contributed by atoms with Gasteiger partial charge in [-0.3, -0.25) is 4.79 Å². The third kappa shape index (κ3) is 5.00. The summed E-state index contributed by atoms with van der Waals surface area (Å²) in [6.07, 6.45) is 0.462. The minimum Gasteiger partial charge on any atom is -0.497 e. The molecule has 0 aromatic heterocycles. The maximum atomic E-state index is 12.2. The molecule has 0 spiro atoms. The average Bonchev–Trinajstić information content (AvgIpc) is 2.59. The molecule has 0 aliphatic carbocycles.